The van der Waals surface area contributed by atoms with Crippen LogP contribution in [0.4, 0.5) is 0 Å². The molecule has 0 spiro atoms. The van der Waals surface area contributed by atoms with Gasteiger partial charge in [0.05, 0.1) is 5.56 Å². The van der Waals surface area contributed by atoms with Gasteiger partial charge in [-0.25, -0.2) is 0 Å². The van der Waals surface area contributed by atoms with E-state index < -0.39 is 0 Å². The van der Waals surface area contributed by atoms with Crippen molar-refractivity contribution < 1.29 is 18.7 Å². The Morgan fingerprint density at radius 2 is 1.96 bits per heavy atom. The largest absolute Gasteiger partial charge is 0.477 e. The summed E-state index contributed by atoms with van der Waals surface area (Å²) in [6.45, 7) is 5.29. The number of fused-ring (bicyclic) bond motifs is 2. The van der Waals surface area contributed by atoms with E-state index in [4.69, 9.17) is 13.9 Å². The fourth-order valence-electron chi connectivity index (χ4n) is 4.43. The first-order valence-corrected chi connectivity index (χ1v) is 9.64. The van der Waals surface area contributed by atoms with E-state index in [2.05, 4.69) is 4.90 Å². The number of ether oxygens (including phenoxy) is 2. The van der Waals surface area contributed by atoms with Gasteiger partial charge in [-0.3, -0.25) is 9.69 Å². The molecule has 1 aromatic heterocycles. The van der Waals surface area contributed by atoms with Crippen LogP contribution in [-0.4, -0.2) is 23.5 Å². The van der Waals surface area contributed by atoms with Gasteiger partial charge >= 0.3 is 0 Å². The molecule has 0 bridgehead atoms. The predicted molar refractivity (Wildman–Crippen MR) is 101 cm³/mol. The van der Waals surface area contributed by atoms with Gasteiger partial charge in [0.1, 0.15) is 29.8 Å². The van der Waals surface area contributed by atoms with Crippen LogP contribution in [0.15, 0.2) is 28.4 Å². The second kappa shape index (κ2) is 6.27. The van der Waals surface area contributed by atoms with Crippen LogP contribution in [0.25, 0.3) is 6.08 Å². The number of ketones is 1. The van der Waals surface area contributed by atoms with Gasteiger partial charge in [-0.1, -0.05) is 12.8 Å². The minimum Gasteiger partial charge on any atom is -0.477 e. The molecule has 2 aromatic rings. The van der Waals surface area contributed by atoms with Gasteiger partial charge in [0, 0.05) is 29.8 Å². The molecule has 0 radical (unpaired) electrons. The van der Waals surface area contributed by atoms with Gasteiger partial charge in [-0.2, -0.15) is 0 Å². The maximum Gasteiger partial charge on any atom is 0.232 e. The number of carbonyl (C=O) groups excluding carboxylic acids is 1. The molecule has 1 aliphatic carbocycles. The van der Waals surface area contributed by atoms with Crippen LogP contribution in [0.1, 0.15) is 58.7 Å². The molecule has 1 saturated carbocycles. The summed E-state index contributed by atoms with van der Waals surface area (Å²) in [4.78, 5) is 15.3. The summed E-state index contributed by atoms with van der Waals surface area (Å²) in [6.07, 6.45) is 6.73. The summed E-state index contributed by atoms with van der Waals surface area (Å²) < 4.78 is 17.6. The first kappa shape index (κ1) is 16.6. The van der Waals surface area contributed by atoms with E-state index in [0.29, 0.717) is 35.6 Å². The Bertz CT molecular complexity index is 949. The number of benzene rings is 1. The molecular formula is C22H23NO4. The number of Topliss-reactive ketones (excluding diaryl/α,β-unsaturated/α-hetero) is 1. The third kappa shape index (κ3) is 2.77. The maximum atomic E-state index is 12.9. The molecule has 140 valence electrons. The molecule has 27 heavy (non-hydrogen) atoms. The van der Waals surface area contributed by atoms with Gasteiger partial charge in [0.15, 0.2) is 5.76 Å². The summed E-state index contributed by atoms with van der Waals surface area (Å²) >= 11 is 0. The van der Waals surface area contributed by atoms with Crippen LogP contribution in [0.3, 0.4) is 0 Å². The summed E-state index contributed by atoms with van der Waals surface area (Å²) in [6, 6.07) is 6.25. The Morgan fingerprint density at radius 3 is 2.70 bits per heavy atom. The first-order chi connectivity index (χ1) is 13.1. The molecule has 0 atom stereocenters. The van der Waals surface area contributed by atoms with Crippen molar-refractivity contribution in [2.75, 3.05) is 6.73 Å². The summed E-state index contributed by atoms with van der Waals surface area (Å²) in [5.41, 5.74) is 2.61. The molecule has 5 nitrogen and oxygen atoms in total. The molecule has 0 N–H and O–H groups in total. The number of hydrogen-bond donors (Lipinski definition) is 0. The van der Waals surface area contributed by atoms with Crippen LogP contribution < -0.4 is 9.47 Å². The quantitative estimate of drug-likeness (QED) is 0.728. The van der Waals surface area contributed by atoms with Crippen molar-refractivity contribution >= 4 is 11.9 Å². The monoisotopic (exact) mass is 365 g/mol. The summed E-state index contributed by atoms with van der Waals surface area (Å²) in [7, 11) is 0. The Kier molecular flexibility index (Phi) is 3.86. The third-order valence-corrected chi connectivity index (χ3v) is 5.84. The van der Waals surface area contributed by atoms with Crippen molar-refractivity contribution in [3.63, 3.8) is 0 Å². The van der Waals surface area contributed by atoms with Crippen LogP contribution in [0, 0.1) is 13.8 Å². The van der Waals surface area contributed by atoms with E-state index in [1.165, 1.54) is 25.7 Å². The Balaban J connectivity index is 1.47. The highest BCUT2D eigenvalue weighted by Gasteiger charge is 2.35. The number of aryl methyl sites for hydroxylation is 1. The molecule has 0 amide bonds. The summed E-state index contributed by atoms with van der Waals surface area (Å²) in [5.74, 6) is 3.11. The average molecular weight is 365 g/mol. The lowest BCUT2D eigenvalue weighted by Crippen LogP contribution is -2.39. The number of allylic oxidation sites excluding steroid dienone is 1. The van der Waals surface area contributed by atoms with E-state index in [9.17, 15) is 4.79 Å². The number of nitrogens with zero attached hydrogens (tertiary/aromatic N) is 1. The van der Waals surface area contributed by atoms with Crippen LogP contribution in [-0.2, 0) is 6.54 Å². The fourth-order valence-corrected chi connectivity index (χ4v) is 4.43. The molecule has 5 heteroatoms. The zero-order valence-electron chi connectivity index (χ0n) is 15.7. The Hall–Kier alpha value is -2.53. The molecule has 2 aliphatic heterocycles. The topological polar surface area (TPSA) is 51.9 Å². The fraction of sp³-hybridized carbons (Fsp3) is 0.409. The minimum atomic E-state index is -0.0945. The van der Waals surface area contributed by atoms with Crippen LogP contribution in [0.2, 0.25) is 0 Å². The molecule has 0 saturated heterocycles. The van der Waals surface area contributed by atoms with E-state index >= 15 is 0 Å². The highest BCUT2D eigenvalue weighted by atomic mass is 16.5. The van der Waals surface area contributed by atoms with Crippen molar-refractivity contribution in [1.29, 1.82) is 0 Å². The van der Waals surface area contributed by atoms with Crippen molar-refractivity contribution in [3.05, 3.63) is 52.2 Å². The number of rotatable bonds is 2. The van der Waals surface area contributed by atoms with Gasteiger partial charge in [0.25, 0.3) is 0 Å². The van der Waals surface area contributed by atoms with Gasteiger partial charge in [-0.15, -0.1) is 0 Å². The van der Waals surface area contributed by atoms with Gasteiger partial charge < -0.3 is 13.9 Å². The van der Waals surface area contributed by atoms with E-state index in [-0.39, 0.29) is 5.78 Å². The molecule has 5 rings (SSSR count). The Morgan fingerprint density at radius 1 is 1.15 bits per heavy atom. The minimum absolute atomic E-state index is 0.0945. The van der Waals surface area contributed by atoms with E-state index in [1.807, 2.05) is 32.0 Å². The number of carbonyl (C=O) groups is 1. The van der Waals surface area contributed by atoms with Crippen LogP contribution >= 0.6 is 0 Å². The van der Waals surface area contributed by atoms with Gasteiger partial charge in [0.2, 0.25) is 5.78 Å². The zero-order valence-corrected chi connectivity index (χ0v) is 15.7. The van der Waals surface area contributed by atoms with Crippen LogP contribution in [0.5, 0.6) is 11.5 Å². The first-order valence-electron chi connectivity index (χ1n) is 9.64. The average Bonchev–Trinajstić information content (AvgIpc) is 3.39. The molecule has 1 fully saturated rings. The van der Waals surface area contributed by atoms with E-state index in [1.54, 1.807) is 6.08 Å². The zero-order chi connectivity index (χ0) is 18.5. The number of hydrogen-bond acceptors (Lipinski definition) is 5. The molecule has 0 unspecified atom stereocenters. The third-order valence-electron chi connectivity index (χ3n) is 5.84. The standard InChI is InChI=1S/C22H23NO4/c1-13-7-8-17(26-13)10-19-20(24)18-9-15-11-23(16-5-3-4-6-16)12-25-21(15)14(2)22(18)27-19/h7-10,16H,3-6,11-12H2,1-2H3/b19-10-. The normalized spacial score (nSPS) is 21.3. The summed E-state index contributed by atoms with van der Waals surface area (Å²) in [5, 5.41) is 0. The van der Waals surface area contributed by atoms with Crippen molar-refractivity contribution in [3.8, 4) is 11.5 Å². The molecule has 1 aromatic carbocycles. The molecule has 3 aliphatic rings. The SMILES string of the molecule is Cc1ccc(/C=C2\Oc3c(cc4c(c3C)OCN(C3CCCC3)C4)C2=O)o1. The lowest BCUT2D eigenvalue weighted by Gasteiger charge is -2.34. The van der Waals surface area contributed by atoms with Gasteiger partial charge in [-0.05, 0) is 44.9 Å². The smallest absolute Gasteiger partial charge is 0.232 e. The highest BCUT2D eigenvalue weighted by molar-refractivity contribution is 6.15. The lowest BCUT2D eigenvalue weighted by atomic mass is 9.99. The predicted octanol–water partition coefficient (Wildman–Crippen LogP) is 4.61. The molecular weight excluding hydrogens is 342 g/mol. The van der Waals surface area contributed by atoms with Crippen molar-refractivity contribution in [2.24, 2.45) is 0 Å². The Labute approximate surface area is 158 Å². The molecule has 3 heterocycles. The number of furan rings is 1. The maximum absolute atomic E-state index is 12.9. The van der Waals surface area contributed by atoms with Crippen molar-refractivity contribution in [2.45, 2.75) is 52.1 Å². The van der Waals surface area contributed by atoms with E-state index in [0.717, 1.165) is 29.2 Å². The second-order valence-corrected chi connectivity index (χ2v) is 7.71. The second-order valence-electron chi connectivity index (χ2n) is 7.71. The highest BCUT2D eigenvalue weighted by Crippen LogP contribution is 2.44. The lowest BCUT2D eigenvalue weighted by molar-refractivity contribution is 0.0570. The van der Waals surface area contributed by atoms with Crippen molar-refractivity contribution in [1.82, 2.24) is 4.90 Å².